The van der Waals surface area contributed by atoms with Gasteiger partial charge in [0.25, 0.3) is 0 Å². The summed E-state index contributed by atoms with van der Waals surface area (Å²) in [7, 11) is 1.85. The molecule has 1 unspecified atom stereocenters. The summed E-state index contributed by atoms with van der Waals surface area (Å²) in [4.78, 5) is 0. The van der Waals surface area contributed by atoms with Crippen molar-refractivity contribution < 1.29 is 5.11 Å². The molecule has 2 aromatic rings. The van der Waals surface area contributed by atoms with E-state index in [1.165, 1.54) is 0 Å². The number of aryl methyl sites for hydroxylation is 1. The predicted octanol–water partition coefficient (Wildman–Crippen LogP) is 1.70. The third kappa shape index (κ3) is 2.44. The smallest absolute Gasteiger partial charge is 0.0860 e. The summed E-state index contributed by atoms with van der Waals surface area (Å²) in [6.45, 7) is 0. The Balaban J connectivity index is 2.07. The summed E-state index contributed by atoms with van der Waals surface area (Å²) < 4.78 is 1.70. The molecule has 0 aliphatic carbocycles. The van der Waals surface area contributed by atoms with Crippen LogP contribution in [0.15, 0.2) is 42.7 Å². The van der Waals surface area contributed by atoms with Crippen LogP contribution in [0.4, 0.5) is 0 Å². The zero-order valence-electron chi connectivity index (χ0n) is 8.67. The fraction of sp³-hybridized carbons (Fsp3) is 0.250. The minimum Gasteiger partial charge on any atom is -0.388 e. The van der Waals surface area contributed by atoms with Gasteiger partial charge in [0.05, 0.1) is 12.3 Å². The van der Waals surface area contributed by atoms with Gasteiger partial charge in [0.1, 0.15) is 0 Å². The first-order valence-corrected chi connectivity index (χ1v) is 4.96. The molecular formula is C12H14N2O. The van der Waals surface area contributed by atoms with Gasteiger partial charge in [-0.25, -0.2) is 0 Å². The fourth-order valence-electron chi connectivity index (χ4n) is 1.57. The maximum absolute atomic E-state index is 9.93. The van der Waals surface area contributed by atoms with E-state index >= 15 is 0 Å². The molecule has 3 nitrogen and oxygen atoms in total. The Morgan fingerprint density at radius 2 is 2.07 bits per heavy atom. The van der Waals surface area contributed by atoms with Crippen LogP contribution < -0.4 is 0 Å². The largest absolute Gasteiger partial charge is 0.388 e. The van der Waals surface area contributed by atoms with Gasteiger partial charge < -0.3 is 5.11 Å². The lowest BCUT2D eigenvalue weighted by molar-refractivity contribution is 0.178. The van der Waals surface area contributed by atoms with Crippen molar-refractivity contribution in [3.63, 3.8) is 0 Å². The van der Waals surface area contributed by atoms with Crippen molar-refractivity contribution in [2.75, 3.05) is 0 Å². The highest BCUT2D eigenvalue weighted by molar-refractivity contribution is 5.18. The Bertz CT molecular complexity index is 422. The van der Waals surface area contributed by atoms with Crippen molar-refractivity contribution in [3.8, 4) is 0 Å². The number of hydrogen-bond donors (Lipinski definition) is 1. The summed E-state index contributed by atoms with van der Waals surface area (Å²) in [5, 5.41) is 14.0. The zero-order valence-corrected chi connectivity index (χ0v) is 8.67. The van der Waals surface area contributed by atoms with Crippen LogP contribution in [0.5, 0.6) is 0 Å². The SMILES string of the molecule is Cn1cc(C(O)Cc2ccccc2)cn1. The van der Waals surface area contributed by atoms with Crippen molar-refractivity contribution in [1.29, 1.82) is 0 Å². The van der Waals surface area contributed by atoms with E-state index in [2.05, 4.69) is 5.10 Å². The minimum atomic E-state index is -0.471. The molecule has 1 aromatic carbocycles. The molecule has 0 amide bonds. The van der Waals surface area contributed by atoms with Gasteiger partial charge in [0.2, 0.25) is 0 Å². The van der Waals surface area contributed by atoms with E-state index in [4.69, 9.17) is 0 Å². The third-order valence-electron chi connectivity index (χ3n) is 2.38. The zero-order chi connectivity index (χ0) is 10.7. The minimum absolute atomic E-state index is 0.471. The fourth-order valence-corrected chi connectivity index (χ4v) is 1.57. The number of benzene rings is 1. The molecule has 15 heavy (non-hydrogen) atoms. The summed E-state index contributed by atoms with van der Waals surface area (Å²) in [6.07, 6.45) is 3.70. The second kappa shape index (κ2) is 4.28. The molecule has 1 N–H and O–H groups in total. The van der Waals surface area contributed by atoms with E-state index in [-0.39, 0.29) is 0 Å². The van der Waals surface area contributed by atoms with Crippen LogP contribution in [0.1, 0.15) is 17.2 Å². The Labute approximate surface area is 89.0 Å². The Morgan fingerprint density at radius 3 is 2.67 bits per heavy atom. The molecule has 1 atom stereocenters. The topological polar surface area (TPSA) is 38.0 Å². The van der Waals surface area contributed by atoms with Gasteiger partial charge in [-0.15, -0.1) is 0 Å². The van der Waals surface area contributed by atoms with E-state index in [9.17, 15) is 5.11 Å². The van der Waals surface area contributed by atoms with Gasteiger partial charge >= 0.3 is 0 Å². The van der Waals surface area contributed by atoms with Gasteiger partial charge in [0.15, 0.2) is 0 Å². The van der Waals surface area contributed by atoms with E-state index in [0.717, 1.165) is 11.1 Å². The van der Waals surface area contributed by atoms with Crippen molar-refractivity contribution in [2.24, 2.45) is 7.05 Å². The molecule has 0 fully saturated rings. The predicted molar refractivity (Wildman–Crippen MR) is 58.3 cm³/mol. The maximum atomic E-state index is 9.93. The molecule has 3 heteroatoms. The van der Waals surface area contributed by atoms with Crippen LogP contribution in [-0.4, -0.2) is 14.9 Å². The van der Waals surface area contributed by atoms with Gasteiger partial charge in [0, 0.05) is 25.2 Å². The first kappa shape index (κ1) is 9.93. The van der Waals surface area contributed by atoms with Gasteiger partial charge in [-0.05, 0) is 5.56 Å². The van der Waals surface area contributed by atoms with Crippen molar-refractivity contribution in [3.05, 3.63) is 53.9 Å². The van der Waals surface area contributed by atoms with Crippen molar-refractivity contribution in [1.82, 2.24) is 9.78 Å². The van der Waals surface area contributed by atoms with E-state index in [1.54, 1.807) is 10.9 Å². The molecule has 0 spiro atoms. The second-order valence-electron chi connectivity index (χ2n) is 3.65. The summed E-state index contributed by atoms with van der Waals surface area (Å²) in [6, 6.07) is 9.95. The second-order valence-corrected chi connectivity index (χ2v) is 3.65. The lowest BCUT2D eigenvalue weighted by Gasteiger charge is -2.07. The van der Waals surface area contributed by atoms with Gasteiger partial charge in [-0.1, -0.05) is 30.3 Å². The molecule has 1 aromatic heterocycles. The Kier molecular flexibility index (Phi) is 2.83. The maximum Gasteiger partial charge on any atom is 0.0860 e. The molecule has 2 rings (SSSR count). The highest BCUT2D eigenvalue weighted by atomic mass is 16.3. The molecule has 1 heterocycles. The first-order chi connectivity index (χ1) is 7.25. The molecule has 0 saturated carbocycles. The number of hydrogen-bond acceptors (Lipinski definition) is 2. The van der Waals surface area contributed by atoms with E-state index in [1.807, 2.05) is 43.6 Å². The highest BCUT2D eigenvalue weighted by Gasteiger charge is 2.09. The molecule has 0 aliphatic heterocycles. The molecule has 0 aliphatic rings. The first-order valence-electron chi connectivity index (χ1n) is 4.96. The van der Waals surface area contributed by atoms with Crippen LogP contribution in [0, 0.1) is 0 Å². The average Bonchev–Trinajstić information content (AvgIpc) is 2.66. The van der Waals surface area contributed by atoms with Crippen LogP contribution in [0.2, 0.25) is 0 Å². The molecule has 0 bridgehead atoms. The van der Waals surface area contributed by atoms with Crippen molar-refractivity contribution in [2.45, 2.75) is 12.5 Å². The lowest BCUT2D eigenvalue weighted by Crippen LogP contribution is -2.00. The molecule has 78 valence electrons. The highest BCUT2D eigenvalue weighted by Crippen LogP contribution is 2.16. The van der Waals surface area contributed by atoms with Gasteiger partial charge in [-0.2, -0.15) is 5.10 Å². The number of aromatic nitrogens is 2. The standard InChI is InChI=1S/C12H14N2O/c1-14-9-11(8-13-14)12(15)7-10-5-3-2-4-6-10/h2-6,8-9,12,15H,7H2,1H3. The number of aliphatic hydroxyl groups excluding tert-OH is 1. The quantitative estimate of drug-likeness (QED) is 0.822. The third-order valence-corrected chi connectivity index (χ3v) is 2.38. The molecular weight excluding hydrogens is 188 g/mol. The van der Waals surface area contributed by atoms with E-state index in [0.29, 0.717) is 6.42 Å². The van der Waals surface area contributed by atoms with Crippen LogP contribution >= 0.6 is 0 Å². The summed E-state index contributed by atoms with van der Waals surface area (Å²) in [5.41, 5.74) is 2.00. The Morgan fingerprint density at radius 1 is 1.33 bits per heavy atom. The lowest BCUT2D eigenvalue weighted by atomic mass is 10.0. The number of rotatable bonds is 3. The van der Waals surface area contributed by atoms with Crippen LogP contribution in [0.25, 0.3) is 0 Å². The Hall–Kier alpha value is -1.61. The van der Waals surface area contributed by atoms with Crippen LogP contribution in [0.3, 0.4) is 0 Å². The number of aliphatic hydroxyl groups is 1. The molecule has 0 saturated heterocycles. The van der Waals surface area contributed by atoms with E-state index < -0.39 is 6.10 Å². The normalized spacial score (nSPS) is 12.7. The summed E-state index contributed by atoms with van der Waals surface area (Å²) >= 11 is 0. The van der Waals surface area contributed by atoms with Crippen molar-refractivity contribution >= 4 is 0 Å². The molecule has 0 radical (unpaired) electrons. The monoisotopic (exact) mass is 202 g/mol. The van der Waals surface area contributed by atoms with Gasteiger partial charge in [-0.3, -0.25) is 4.68 Å². The number of nitrogens with zero attached hydrogens (tertiary/aromatic N) is 2. The average molecular weight is 202 g/mol. The summed E-state index contributed by atoms with van der Waals surface area (Å²) in [5.74, 6) is 0. The van der Waals surface area contributed by atoms with Crippen LogP contribution in [-0.2, 0) is 13.5 Å².